The zero-order valence-corrected chi connectivity index (χ0v) is 17.7. The molecule has 1 atom stereocenters. The first-order chi connectivity index (χ1) is 14.7. The lowest BCUT2D eigenvalue weighted by Crippen LogP contribution is -2.48. The number of hydrogen-bond donors (Lipinski definition) is 2. The number of rotatable bonds is 7. The normalized spacial score (nSPS) is 12.7. The number of benzene rings is 1. The number of thiophene rings is 1. The van der Waals surface area contributed by atoms with Gasteiger partial charge in [0.2, 0.25) is 0 Å². The predicted molar refractivity (Wildman–Crippen MR) is 112 cm³/mol. The number of aliphatic hydroxyl groups is 1. The number of nitrogens with zero attached hydrogens (tertiary/aromatic N) is 3. The Morgan fingerprint density at radius 2 is 1.94 bits per heavy atom. The number of halogens is 3. The summed E-state index contributed by atoms with van der Waals surface area (Å²) in [6.07, 6.45) is -4.44. The average Bonchev–Trinajstić information content (AvgIpc) is 3.31. The number of nitrogens with one attached hydrogen (secondary N) is 1. The monoisotopic (exact) mass is 450 g/mol. The second-order valence-corrected chi connectivity index (χ2v) is 7.72. The van der Waals surface area contributed by atoms with Crippen molar-refractivity contribution in [1.82, 2.24) is 20.4 Å². The Bertz CT molecular complexity index is 1020. The number of carbonyl (C=O) groups is 1. The van der Waals surface area contributed by atoms with E-state index in [0.29, 0.717) is 23.6 Å². The molecule has 10 heteroatoms. The van der Waals surface area contributed by atoms with E-state index in [1.165, 1.54) is 29.5 Å². The van der Waals surface area contributed by atoms with Gasteiger partial charge in [-0.2, -0.15) is 13.2 Å². The van der Waals surface area contributed by atoms with Crippen LogP contribution in [0.25, 0.3) is 22.0 Å². The van der Waals surface area contributed by atoms with E-state index in [1.54, 1.807) is 18.0 Å². The first-order valence-electron chi connectivity index (χ1n) is 9.52. The van der Waals surface area contributed by atoms with Gasteiger partial charge in [-0.15, -0.1) is 11.3 Å². The van der Waals surface area contributed by atoms with Gasteiger partial charge >= 0.3 is 6.18 Å². The van der Waals surface area contributed by atoms with Crippen molar-refractivity contribution >= 4 is 17.2 Å². The maximum Gasteiger partial charge on any atom is 0.416 e. The minimum atomic E-state index is -4.44. The summed E-state index contributed by atoms with van der Waals surface area (Å²) in [6, 6.07) is 9.33. The molecule has 0 saturated heterocycles. The van der Waals surface area contributed by atoms with Crippen molar-refractivity contribution in [1.29, 1.82) is 0 Å². The Morgan fingerprint density at radius 1 is 1.23 bits per heavy atom. The molecule has 0 aliphatic rings. The minimum Gasteiger partial charge on any atom is -0.395 e. The molecular weight excluding hydrogens is 429 g/mol. The summed E-state index contributed by atoms with van der Waals surface area (Å²) < 4.78 is 38.7. The average molecular weight is 450 g/mol. The van der Waals surface area contributed by atoms with Crippen LogP contribution in [-0.2, 0) is 6.18 Å². The largest absolute Gasteiger partial charge is 0.416 e. The molecule has 3 aromatic rings. The third kappa shape index (κ3) is 5.46. The zero-order valence-electron chi connectivity index (χ0n) is 16.8. The Hall–Kier alpha value is -2.82. The van der Waals surface area contributed by atoms with Crippen LogP contribution in [0.4, 0.5) is 13.2 Å². The van der Waals surface area contributed by atoms with Crippen molar-refractivity contribution in [2.45, 2.75) is 26.1 Å². The molecule has 0 aliphatic heterocycles. The van der Waals surface area contributed by atoms with Crippen LogP contribution in [-0.4, -0.2) is 45.2 Å². The molecule has 2 N–H and O–H groups in total. The van der Waals surface area contributed by atoms with Gasteiger partial charge in [0, 0.05) is 18.2 Å². The smallest absolute Gasteiger partial charge is 0.395 e. The van der Waals surface area contributed by atoms with E-state index in [9.17, 15) is 23.1 Å². The molecule has 6 nitrogen and oxygen atoms in total. The van der Waals surface area contributed by atoms with Crippen LogP contribution in [0.3, 0.4) is 0 Å². The maximum atomic E-state index is 12.9. The molecule has 2 aromatic heterocycles. The molecule has 0 radical (unpaired) electrons. The van der Waals surface area contributed by atoms with Gasteiger partial charge in [-0.1, -0.05) is 25.1 Å². The van der Waals surface area contributed by atoms with Gasteiger partial charge in [0.25, 0.3) is 5.91 Å². The van der Waals surface area contributed by atoms with Crippen LogP contribution in [0.2, 0.25) is 0 Å². The summed E-state index contributed by atoms with van der Waals surface area (Å²) >= 11 is 1.38. The molecule has 1 aromatic carbocycles. The summed E-state index contributed by atoms with van der Waals surface area (Å²) in [7, 11) is 0. The molecule has 31 heavy (non-hydrogen) atoms. The predicted octanol–water partition coefficient (Wildman–Crippen LogP) is 4.24. The fraction of sp³-hybridized carbons (Fsp3) is 0.286. The lowest BCUT2D eigenvalue weighted by molar-refractivity contribution is -0.137. The first kappa shape index (κ1) is 22.9. The first-order valence-corrected chi connectivity index (χ1v) is 10.4. The fourth-order valence-electron chi connectivity index (χ4n) is 2.84. The van der Waals surface area contributed by atoms with Crippen molar-refractivity contribution in [3.05, 3.63) is 59.1 Å². The molecule has 0 bridgehead atoms. The quantitative estimate of drug-likeness (QED) is 0.527. The van der Waals surface area contributed by atoms with Crippen LogP contribution in [0, 0.1) is 0 Å². The van der Waals surface area contributed by atoms with Crippen molar-refractivity contribution in [2.75, 3.05) is 13.2 Å². The highest BCUT2D eigenvalue weighted by Gasteiger charge is 2.30. The van der Waals surface area contributed by atoms with Crippen molar-refractivity contribution < 1.29 is 23.1 Å². The topological polar surface area (TPSA) is 78.4 Å². The van der Waals surface area contributed by atoms with E-state index < -0.39 is 17.6 Å². The summed E-state index contributed by atoms with van der Waals surface area (Å²) in [5.41, 5.74) is 2.77. The van der Waals surface area contributed by atoms with Gasteiger partial charge in [-0.3, -0.25) is 10.2 Å². The minimum absolute atomic E-state index is 0.0666. The number of hydrogen-bond acceptors (Lipinski definition) is 6. The lowest BCUT2D eigenvalue weighted by atomic mass is 10.1. The molecule has 3 rings (SSSR count). The molecule has 0 spiro atoms. The van der Waals surface area contributed by atoms with Crippen LogP contribution in [0.5, 0.6) is 0 Å². The van der Waals surface area contributed by atoms with Crippen LogP contribution < -0.4 is 5.43 Å². The highest BCUT2D eigenvalue weighted by molar-refractivity contribution is 7.13. The number of alkyl halides is 3. The second kappa shape index (κ2) is 9.54. The molecule has 0 fully saturated rings. The Balaban J connectivity index is 2.00. The molecule has 0 saturated carbocycles. The Kier molecular flexibility index (Phi) is 7.04. The highest BCUT2D eigenvalue weighted by atomic mass is 32.1. The SMILES string of the molecule is CCN(NC(=O)c1cc(-c2ccc(C(F)(F)F)cc2)nc(-c2cccs2)n1)C(C)CO. The summed E-state index contributed by atoms with van der Waals surface area (Å²) in [4.78, 5) is 22.4. The fourth-order valence-corrected chi connectivity index (χ4v) is 3.50. The van der Waals surface area contributed by atoms with Crippen LogP contribution in [0.15, 0.2) is 47.8 Å². The Labute approximate surface area is 181 Å². The third-order valence-corrected chi connectivity index (χ3v) is 5.46. The second-order valence-electron chi connectivity index (χ2n) is 6.77. The molecular formula is C21H21F3N4O2S. The number of amides is 1. The van der Waals surface area contributed by atoms with E-state index in [2.05, 4.69) is 15.4 Å². The van der Waals surface area contributed by atoms with Gasteiger partial charge in [-0.05, 0) is 36.6 Å². The standard InChI is InChI=1S/C21H21F3N4O2S/c1-3-28(13(2)12-29)27-20(30)17-11-16(25-19(26-17)18-5-4-10-31-18)14-6-8-15(9-7-14)21(22,23)24/h4-11,13,29H,3,12H2,1-2H3,(H,27,30). The van der Waals surface area contributed by atoms with Crippen molar-refractivity contribution in [3.63, 3.8) is 0 Å². The van der Waals surface area contributed by atoms with Crippen LogP contribution >= 0.6 is 11.3 Å². The third-order valence-electron chi connectivity index (χ3n) is 4.59. The van der Waals surface area contributed by atoms with E-state index in [1.807, 2.05) is 18.4 Å². The number of aromatic nitrogens is 2. The van der Waals surface area contributed by atoms with Gasteiger partial charge in [0.05, 0.1) is 22.7 Å². The Morgan fingerprint density at radius 3 is 2.48 bits per heavy atom. The number of likely N-dealkylation sites (N-methyl/N-ethyl adjacent to an activating group) is 1. The molecule has 2 heterocycles. The van der Waals surface area contributed by atoms with Crippen LogP contribution in [0.1, 0.15) is 29.9 Å². The molecule has 1 unspecified atom stereocenters. The summed E-state index contributed by atoms with van der Waals surface area (Å²) in [6.45, 7) is 3.91. The molecule has 0 aliphatic carbocycles. The van der Waals surface area contributed by atoms with E-state index >= 15 is 0 Å². The van der Waals surface area contributed by atoms with Gasteiger partial charge < -0.3 is 5.11 Å². The zero-order chi connectivity index (χ0) is 22.6. The number of aliphatic hydroxyl groups excluding tert-OH is 1. The van der Waals surface area contributed by atoms with Crippen molar-refractivity contribution in [2.24, 2.45) is 0 Å². The number of carbonyl (C=O) groups excluding carboxylic acids is 1. The summed E-state index contributed by atoms with van der Waals surface area (Å²) in [5.74, 6) is -0.202. The molecule has 164 valence electrons. The highest BCUT2D eigenvalue weighted by Crippen LogP contribution is 2.31. The van der Waals surface area contributed by atoms with E-state index in [0.717, 1.165) is 17.0 Å². The number of hydrazine groups is 1. The van der Waals surface area contributed by atoms with Gasteiger partial charge in [0.1, 0.15) is 5.69 Å². The van der Waals surface area contributed by atoms with Crippen molar-refractivity contribution in [3.8, 4) is 22.0 Å². The lowest BCUT2D eigenvalue weighted by Gasteiger charge is -2.26. The maximum absolute atomic E-state index is 12.9. The van der Waals surface area contributed by atoms with Gasteiger partial charge in [0.15, 0.2) is 5.82 Å². The summed E-state index contributed by atoms with van der Waals surface area (Å²) in [5, 5.41) is 12.8. The van der Waals surface area contributed by atoms with E-state index in [4.69, 9.17) is 0 Å². The molecule has 1 amide bonds. The van der Waals surface area contributed by atoms with Gasteiger partial charge in [-0.25, -0.2) is 15.0 Å². The van der Waals surface area contributed by atoms with E-state index in [-0.39, 0.29) is 18.3 Å².